The molecule has 1 N–H and O–H groups in total. The van der Waals surface area contributed by atoms with Crippen LogP contribution in [0.2, 0.25) is 0 Å². The summed E-state index contributed by atoms with van der Waals surface area (Å²) < 4.78 is 21.5. The van der Waals surface area contributed by atoms with Crippen LogP contribution in [0.15, 0.2) is 87.4 Å². The van der Waals surface area contributed by atoms with Crippen molar-refractivity contribution in [1.82, 2.24) is 9.55 Å². The molecule has 0 fully saturated rings. The first-order valence-electron chi connectivity index (χ1n) is 10.5. The molecule has 2 heterocycles. The van der Waals surface area contributed by atoms with Gasteiger partial charge in [-0.25, -0.2) is 4.39 Å². The van der Waals surface area contributed by atoms with Gasteiger partial charge in [0.2, 0.25) is 17.5 Å². The zero-order valence-electron chi connectivity index (χ0n) is 18.1. The van der Waals surface area contributed by atoms with Crippen LogP contribution in [-0.2, 0) is 6.54 Å². The standard InChI is InChI=1S/C26H18FN5O2/c1-16-10-12-17(13-11-16)24-29-21(14-28)25(34-24)31-30-23-19-7-3-5-9-22(19)32(26(23)33)15-18-6-2-4-8-20(18)27/h2-13,33H,15H2,1H3. The molecule has 0 saturated carbocycles. The minimum absolute atomic E-state index is 0.0195. The highest BCUT2D eigenvalue weighted by Crippen LogP contribution is 2.40. The molecule has 0 atom stereocenters. The number of hydrogen-bond acceptors (Lipinski definition) is 6. The van der Waals surface area contributed by atoms with Crippen molar-refractivity contribution in [3.05, 3.63) is 95.4 Å². The Morgan fingerprint density at radius 2 is 1.76 bits per heavy atom. The number of oxazole rings is 1. The number of hydrogen-bond donors (Lipinski definition) is 1. The van der Waals surface area contributed by atoms with E-state index in [1.54, 1.807) is 41.0 Å². The van der Waals surface area contributed by atoms with Crippen LogP contribution in [0.3, 0.4) is 0 Å². The number of aromatic nitrogens is 2. The Morgan fingerprint density at radius 3 is 2.53 bits per heavy atom. The third kappa shape index (κ3) is 3.80. The molecule has 8 heteroatoms. The second-order valence-electron chi connectivity index (χ2n) is 7.72. The number of azo groups is 1. The second-order valence-corrected chi connectivity index (χ2v) is 7.72. The van der Waals surface area contributed by atoms with Crippen molar-refractivity contribution in [2.24, 2.45) is 10.2 Å². The van der Waals surface area contributed by atoms with Crippen LogP contribution in [-0.4, -0.2) is 14.7 Å². The summed E-state index contributed by atoms with van der Waals surface area (Å²) in [6.07, 6.45) is 0. The summed E-state index contributed by atoms with van der Waals surface area (Å²) in [5.41, 5.74) is 3.03. The maximum atomic E-state index is 14.2. The van der Waals surface area contributed by atoms with Gasteiger partial charge in [0.25, 0.3) is 5.88 Å². The van der Waals surface area contributed by atoms with E-state index in [4.69, 9.17) is 4.42 Å². The molecule has 166 valence electrons. The lowest BCUT2D eigenvalue weighted by molar-refractivity contribution is 0.428. The lowest BCUT2D eigenvalue weighted by Gasteiger charge is -2.08. The van der Waals surface area contributed by atoms with Gasteiger partial charge in [0.05, 0.1) is 12.1 Å². The average molecular weight is 451 g/mol. The molecule has 0 aliphatic heterocycles. The number of rotatable bonds is 5. The molecule has 3 aromatic carbocycles. The summed E-state index contributed by atoms with van der Waals surface area (Å²) in [4.78, 5) is 4.21. The third-order valence-electron chi connectivity index (χ3n) is 5.46. The van der Waals surface area contributed by atoms with Crippen molar-refractivity contribution in [3.63, 3.8) is 0 Å². The normalized spacial score (nSPS) is 11.3. The summed E-state index contributed by atoms with van der Waals surface area (Å²) in [7, 11) is 0. The zero-order valence-corrected chi connectivity index (χ0v) is 18.1. The molecule has 0 saturated heterocycles. The molecule has 0 spiro atoms. The van der Waals surface area contributed by atoms with Crippen molar-refractivity contribution in [2.45, 2.75) is 13.5 Å². The number of nitriles is 1. The van der Waals surface area contributed by atoms with Crippen LogP contribution in [0.5, 0.6) is 5.88 Å². The number of halogens is 1. The van der Waals surface area contributed by atoms with E-state index in [0.717, 1.165) is 5.56 Å². The minimum Gasteiger partial charge on any atom is -0.493 e. The molecular formula is C26H18FN5O2. The Morgan fingerprint density at radius 1 is 1.03 bits per heavy atom. The first-order chi connectivity index (χ1) is 16.5. The Hall–Kier alpha value is -4.77. The zero-order chi connectivity index (χ0) is 23.7. The number of fused-ring (bicyclic) bond motifs is 1. The first kappa shape index (κ1) is 21.1. The van der Waals surface area contributed by atoms with Crippen molar-refractivity contribution < 1.29 is 13.9 Å². The largest absolute Gasteiger partial charge is 0.493 e. The van der Waals surface area contributed by atoms with Gasteiger partial charge >= 0.3 is 0 Å². The monoisotopic (exact) mass is 451 g/mol. The Labute approximate surface area is 194 Å². The fourth-order valence-corrected chi connectivity index (χ4v) is 3.69. The number of benzene rings is 3. The van der Waals surface area contributed by atoms with E-state index in [-0.39, 0.29) is 41.4 Å². The van der Waals surface area contributed by atoms with Crippen LogP contribution in [0.25, 0.3) is 22.4 Å². The molecule has 2 aromatic heterocycles. The smallest absolute Gasteiger partial charge is 0.277 e. The molecule has 5 rings (SSSR count). The highest BCUT2D eigenvalue weighted by Gasteiger charge is 2.19. The molecule has 34 heavy (non-hydrogen) atoms. The van der Waals surface area contributed by atoms with Gasteiger partial charge in [-0.2, -0.15) is 10.2 Å². The highest BCUT2D eigenvalue weighted by molar-refractivity contribution is 5.95. The average Bonchev–Trinajstić information content (AvgIpc) is 3.38. The summed E-state index contributed by atoms with van der Waals surface area (Å²) in [6, 6.07) is 23.1. The Bertz CT molecular complexity index is 1580. The molecule has 0 amide bonds. The SMILES string of the molecule is Cc1ccc(-c2nc(C#N)c(N=Nc3c(O)n(Cc4ccccc4F)c4ccccc34)o2)cc1. The molecule has 0 aliphatic rings. The van der Waals surface area contributed by atoms with E-state index in [1.807, 2.05) is 43.3 Å². The van der Waals surface area contributed by atoms with Gasteiger partial charge < -0.3 is 14.1 Å². The van der Waals surface area contributed by atoms with Crippen LogP contribution in [0, 0.1) is 24.1 Å². The number of nitrogens with zero attached hydrogens (tertiary/aromatic N) is 5. The van der Waals surface area contributed by atoms with Crippen molar-refractivity contribution in [3.8, 4) is 23.4 Å². The summed E-state index contributed by atoms with van der Waals surface area (Å²) in [5.74, 6) is -0.364. The molecular weight excluding hydrogens is 433 g/mol. The third-order valence-corrected chi connectivity index (χ3v) is 5.46. The topological polar surface area (TPSA) is 99.7 Å². The van der Waals surface area contributed by atoms with Crippen LogP contribution in [0.1, 0.15) is 16.8 Å². The molecule has 0 bridgehead atoms. The predicted molar refractivity (Wildman–Crippen MR) is 125 cm³/mol. The van der Waals surface area contributed by atoms with Gasteiger partial charge in [0, 0.05) is 16.5 Å². The van der Waals surface area contributed by atoms with Gasteiger partial charge in [-0.15, -0.1) is 10.2 Å². The number of aryl methyl sites for hydroxylation is 1. The quantitative estimate of drug-likeness (QED) is 0.298. The fourth-order valence-electron chi connectivity index (χ4n) is 3.69. The molecule has 0 aliphatic carbocycles. The first-order valence-corrected chi connectivity index (χ1v) is 10.5. The van der Waals surface area contributed by atoms with Crippen LogP contribution < -0.4 is 0 Å². The predicted octanol–water partition coefficient (Wildman–Crippen LogP) is 6.78. The number of para-hydroxylation sites is 1. The Balaban J connectivity index is 1.55. The van der Waals surface area contributed by atoms with Crippen LogP contribution >= 0.6 is 0 Å². The lowest BCUT2D eigenvalue weighted by atomic mass is 10.1. The minimum atomic E-state index is -0.369. The summed E-state index contributed by atoms with van der Waals surface area (Å²) >= 11 is 0. The van der Waals surface area contributed by atoms with Crippen molar-refractivity contribution >= 4 is 22.5 Å². The highest BCUT2D eigenvalue weighted by atomic mass is 19.1. The van der Waals surface area contributed by atoms with E-state index in [2.05, 4.69) is 15.2 Å². The number of aromatic hydroxyl groups is 1. The van der Waals surface area contributed by atoms with Crippen molar-refractivity contribution in [1.29, 1.82) is 5.26 Å². The lowest BCUT2D eigenvalue weighted by Crippen LogP contribution is -2.01. The second kappa shape index (κ2) is 8.64. The van der Waals surface area contributed by atoms with Gasteiger partial charge in [0.15, 0.2) is 5.69 Å². The molecule has 5 aromatic rings. The maximum Gasteiger partial charge on any atom is 0.277 e. The van der Waals surface area contributed by atoms with Crippen LogP contribution in [0.4, 0.5) is 16.0 Å². The maximum absolute atomic E-state index is 14.2. The summed E-state index contributed by atoms with van der Waals surface area (Å²) in [5, 5.41) is 29.3. The van der Waals surface area contributed by atoms with E-state index in [1.165, 1.54) is 6.07 Å². The summed E-state index contributed by atoms with van der Waals surface area (Å²) in [6.45, 7) is 2.08. The van der Waals surface area contributed by atoms with E-state index in [9.17, 15) is 14.8 Å². The van der Waals surface area contributed by atoms with Gasteiger partial charge in [-0.3, -0.25) is 0 Å². The van der Waals surface area contributed by atoms with E-state index < -0.39 is 0 Å². The van der Waals surface area contributed by atoms with Gasteiger partial charge in [-0.1, -0.05) is 54.1 Å². The van der Waals surface area contributed by atoms with Crippen molar-refractivity contribution in [2.75, 3.05) is 0 Å². The molecule has 0 unspecified atom stereocenters. The molecule has 7 nitrogen and oxygen atoms in total. The van der Waals surface area contributed by atoms with E-state index >= 15 is 0 Å². The van der Waals surface area contributed by atoms with Gasteiger partial charge in [0.1, 0.15) is 11.9 Å². The van der Waals surface area contributed by atoms with Gasteiger partial charge in [-0.05, 0) is 31.2 Å². The fraction of sp³-hybridized carbons (Fsp3) is 0.0769. The molecule has 0 radical (unpaired) electrons. The Kier molecular flexibility index (Phi) is 5.36. The van der Waals surface area contributed by atoms with E-state index in [0.29, 0.717) is 22.0 Å².